The number of halogens is 4. The number of ether oxygens (including phenoxy) is 1. The van der Waals surface area contributed by atoms with Crippen molar-refractivity contribution < 1.29 is 17.9 Å². The van der Waals surface area contributed by atoms with Crippen molar-refractivity contribution in [3.8, 4) is 16.9 Å². The molecule has 2 aromatic heterocycles. The van der Waals surface area contributed by atoms with Crippen LogP contribution in [0.3, 0.4) is 0 Å². The molecule has 0 saturated carbocycles. The lowest BCUT2D eigenvalue weighted by molar-refractivity contribution is -0.137. The van der Waals surface area contributed by atoms with Gasteiger partial charge in [0.15, 0.2) is 5.82 Å². The molecule has 0 radical (unpaired) electrons. The lowest BCUT2D eigenvalue weighted by atomic mass is 10.0. The minimum Gasteiger partial charge on any atom is -0.486 e. The molecule has 0 N–H and O–H groups in total. The zero-order chi connectivity index (χ0) is 21.6. The number of alkyl halides is 3. The number of benzene rings is 2. The van der Waals surface area contributed by atoms with Crippen molar-refractivity contribution in [2.24, 2.45) is 0 Å². The molecule has 0 atom stereocenters. The Hall–Kier alpha value is -2.93. The van der Waals surface area contributed by atoms with Crippen molar-refractivity contribution in [2.75, 3.05) is 0 Å². The Bertz CT molecular complexity index is 1240. The van der Waals surface area contributed by atoms with Crippen LogP contribution in [-0.2, 0) is 25.7 Å². The topological polar surface area (TPSA) is 31.5 Å². The molecule has 0 saturated heterocycles. The van der Waals surface area contributed by atoms with E-state index in [0.29, 0.717) is 10.8 Å². The van der Waals surface area contributed by atoms with Crippen molar-refractivity contribution in [1.29, 1.82) is 0 Å². The quantitative estimate of drug-likeness (QED) is 0.364. The summed E-state index contributed by atoms with van der Waals surface area (Å²) in [4.78, 5) is 0. The molecule has 8 heteroatoms. The molecular weight excluding hydrogens is 427 g/mol. The van der Waals surface area contributed by atoms with Gasteiger partial charge in [-0.15, -0.1) is 5.10 Å². The van der Waals surface area contributed by atoms with Gasteiger partial charge in [0.25, 0.3) is 0 Å². The highest BCUT2D eigenvalue weighted by Gasteiger charge is 2.30. The van der Waals surface area contributed by atoms with Crippen LogP contribution in [0, 0.1) is 0 Å². The number of nitrogens with zero attached hydrogens (tertiary/aromatic N) is 3. The minimum atomic E-state index is -4.40. The first kappa shape index (κ1) is 20.0. The van der Waals surface area contributed by atoms with Crippen LogP contribution in [0.1, 0.15) is 29.8 Å². The van der Waals surface area contributed by atoms with Crippen LogP contribution in [0.4, 0.5) is 13.2 Å². The number of aryl methyl sites for hydroxylation is 2. The summed E-state index contributed by atoms with van der Waals surface area (Å²) in [5.41, 5.74) is 3.72. The highest BCUT2D eigenvalue weighted by Crippen LogP contribution is 2.34. The Labute approximate surface area is 181 Å². The molecule has 1 aliphatic heterocycles. The summed E-state index contributed by atoms with van der Waals surface area (Å²) < 4.78 is 48.6. The summed E-state index contributed by atoms with van der Waals surface area (Å²) in [6, 6.07) is 12.7. The van der Waals surface area contributed by atoms with E-state index in [4.69, 9.17) is 16.3 Å². The van der Waals surface area contributed by atoms with E-state index in [-0.39, 0.29) is 12.4 Å². The van der Waals surface area contributed by atoms with Gasteiger partial charge in [-0.25, -0.2) is 4.52 Å². The molecule has 3 heterocycles. The maximum atomic E-state index is 13.0. The van der Waals surface area contributed by atoms with E-state index in [9.17, 15) is 13.2 Å². The third kappa shape index (κ3) is 3.78. The zero-order valence-electron chi connectivity index (χ0n) is 16.5. The molecule has 160 valence electrons. The Balaban J connectivity index is 1.48. The van der Waals surface area contributed by atoms with Crippen molar-refractivity contribution in [3.63, 3.8) is 0 Å². The standard InChI is InChI=1S/C23H19ClF3N3O/c24-17-9-7-15(8-10-17)20-13-30-22-19(20)6-1-2-11-29(22)21(28-30)14-31-18-5-3-4-16(12-18)23(25,26)27/h3-5,7-10,12-13H,1-2,6,11,14H2. The molecule has 0 bridgehead atoms. The molecule has 4 nitrogen and oxygen atoms in total. The van der Waals surface area contributed by atoms with Crippen LogP contribution in [0.5, 0.6) is 5.75 Å². The van der Waals surface area contributed by atoms with Crippen LogP contribution >= 0.6 is 11.6 Å². The molecule has 0 fully saturated rings. The van der Waals surface area contributed by atoms with E-state index in [0.717, 1.165) is 54.7 Å². The molecule has 1 aliphatic rings. The summed E-state index contributed by atoms with van der Waals surface area (Å²) in [5.74, 6) is 0.865. The third-order valence-corrected chi connectivity index (χ3v) is 5.85. The average Bonchev–Trinajstić information content (AvgIpc) is 3.16. The molecule has 0 spiro atoms. The van der Waals surface area contributed by atoms with E-state index >= 15 is 0 Å². The summed E-state index contributed by atoms with van der Waals surface area (Å²) in [5, 5.41) is 5.37. The highest BCUT2D eigenvalue weighted by atomic mass is 35.5. The van der Waals surface area contributed by atoms with E-state index in [1.165, 1.54) is 17.7 Å². The Kier molecular flexibility index (Phi) is 4.93. The second kappa shape index (κ2) is 7.64. The first-order valence-electron chi connectivity index (χ1n) is 10.1. The van der Waals surface area contributed by atoms with Gasteiger partial charge in [-0.05, 0) is 55.2 Å². The van der Waals surface area contributed by atoms with Gasteiger partial charge < -0.3 is 9.30 Å². The second-order valence-electron chi connectivity index (χ2n) is 7.64. The molecule has 4 aromatic rings. The second-order valence-corrected chi connectivity index (χ2v) is 8.07. The van der Waals surface area contributed by atoms with Crippen molar-refractivity contribution >= 4 is 17.2 Å². The molecule has 31 heavy (non-hydrogen) atoms. The van der Waals surface area contributed by atoms with Crippen molar-refractivity contribution in [2.45, 2.75) is 38.6 Å². The van der Waals surface area contributed by atoms with E-state index in [2.05, 4.69) is 9.67 Å². The molecular formula is C23H19ClF3N3O. The molecule has 0 amide bonds. The fraction of sp³-hybridized carbons (Fsp3) is 0.261. The third-order valence-electron chi connectivity index (χ3n) is 5.60. The highest BCUT2D eigenvalue weighted by molar-refractivity contribution is 6.30. The minimum absolute atomic E-state index is 0.0959. The van der Waals surface area contributed by atoms with Gasteiger partial charge >= 0.3 is 6.18 Å². The zero-order valence-corrected chi connectivity index (χ0v) is 17.2. The molecule has 2 aromatic carbocycles. The van der Waals surface area contributed by atoms with Crippen molar-refractivity contribution in [1.82, 2.24) is 14.2 Å². The van der Waals surface area contributed by atoms with Gasteiger partial charge in [0.2, 0.25) is 0 Å². The van der Waals surface area contributed by atoms with E-state index in [1.807, 2.05) is 35.0 Å². The van der Waals surface area contributed by atoms with Crippen LogP contribution in [-0.4, -0.2) is 14.2 Å². The number of rotatable bonds is 4. The van der Waals surface area contributed by atoms with E-state index in [1.54, 1.807) is 0 Å². The van der Waals surface area contributed by atoms with Crippen LogP contribution in [0.2, 0.25) is 5.02 Å². The largest absolute Gasteiger partial charge is 0.486 e. The van der Waals surface area contributed by atoms with Gasteiger partial charge in [-0.3, -0.25) is 0 Å². The van der Waals surface area contributed by atoms with Crippen LogP contribution in [0.25, 0.3) is 16.8 Å². The Morgan fingerprint density at radius 2 is 1.87 bits per heavy atom. The van der Waals surface area contributed by atoms with Gasteiger partial charge in [0, 0.05) is 28.9 Å². The number of hydrogen-bond donors (Lipinski definition) is 0. The molecule has 0 aliphatic carbocycles. The Morgan fingerprint density at radius 1 is 1.06 bits per heavy atom. The van der Waals surface area contributed by atoms with E-state index < -0.39 is 11.7 Å². The fourth-order valence-electron chi connectivity index (χ4n) is 4.13. The maximum absolute atomic E-state index is 13.0. The summed E-state index contributed by atoms with van der Waals surface area (Å²) in [7, 11) is 0. The van der Waals surface area contributed by atoms with Crippen LogP contribution < -0.4 is 4.74 Å². The first-order chi connectivity index (χ1) is 14.9. The maximum Gasteiger partial charge on any atom is 0.416 e. The molecule has 0 unspecified atom stereocenters. The smallest absolute Gasteiger partial charge is 0.416 e. The summed E-state index contributed by atoms with van der Waals surface area (Å²) in [6.45, 7) is 0.889. The van der Waals surface area contributed by atoms with Gasteiger partial charge in [0.1, 0.15) is 18.0 Å². The lowest BCUT2D eigenvalue weighted by Gasteiger charge is -2.11. The summed E-state index contributed by atoms with van der Waals surface area (Å²) >= 11 is 6.04. The van der Waals surface area contributed by atoms with Crippen LogP contribution in [0.15, 0.2) is 54.7 Å². The number of aromatic nitrogens is 3. The van der Waals surface area contributed by atoms with Gasteiger partial charge in [0.05, 0.1) is 5.56 Å². The predicted octanol–water partition coefficient (Wildman–Crippen LogP) is 6.39. The average molecular weight is 446 g/mol. The molecule has 5 rings (SSSR count). The normalized spacial score (nSPS) is 14.1. The van der Waals surface area contributed by atoms with Gasteiger partial charge in [-0.2, -0.15) is 13.2 Å². The fourth-order valence-corrected chi connectivity index (χ4v) is 4.26. The van der Waals surface area contributed by atoms with Crippen molar-refractivity contribution in [3.05, 3.63) is 76.7 Å². The summed E-state index contributed by atoms with van der Waals surface area (Å²) in [6.07, 6.45) is 0.588. The monoisotopic (exact) mass is 445 g/mol. The SMILES string of the molecule is FC(F)(F)c1cccc(OCc2nn3cc(-c4ccc(Cl)cc4)c4c3n2CCCC4)c1. The van der Waals surface area contributed by atoms with Gasteiger partial charge in [-0.1, -0.05) is 29.8 Å². The lowest BCUT2D eigenvalue weighted by Crippen LogP contribution is -2.08. The Morgan fingerprint density at radius 3 is 2.65 bits per heavy atom. The number of hydrogen-bond acceptors (Lipinski definition) is 2. The first-order valence-corrected chi connectivity index (χ1v) is 10.4. The predicted molar refractivity (Wildman–Crippen MR) is 112 cm³/mol.